The third-order valence-corrected chi connectivity index (χ3v) is 4.94. The molecule has 0 aromatic rings. The summed E-state index contributed by atoms with van der Waals surface area (Å²) < 4.78 is 0. The molecule has 0 amide bonds. The van der Waals surface area contributed by atoms with Crippen LogP contribution in [-0.4, -0.2) is 23.4 Å². The van der Waals surface area contributed by atoms with Gasteiger partial charge in [0, 0.05) is 13.2 Å². The van der Waals surface area contributed by atoms with E-state index in [1.165, 1.54) is 0 Å². The van der Waals surface area contributed by atoms with Crippen LogP contribution in [0.25, 0.3) is 0 Å². The van der Waals surface area contributed by atoms with Crippen molar-refractivity contribution in [3.05, 3.63) is 0 Å². The molecule has 0 aliphatic heterocycles. The Morgan fingerprint density at radius 2 is 1.15 bits per heavy atom. The molecule has 0 bridgehead atoms. The van der Waals surface area contributed by atoms with Gasteiger partial charge in [0.2, 0.25) is 0 Å². The van der Waals surface area contributed by atoms with Crippen LogP contribution in [0.3, 0.4) is 0 Å². The van der Waals surface area contributed by atoms with Crippen molar-refractivity contribution in [2.24, 2.45) is 16.2 Å². The van der Waals surface area contributed by atoms with E-state index in [9.17, 15) is 10.2 Å². The summed E-state index contributed by atoms with van der Waals surface area (Å²) in [6, 6.07) is 0. The average molecular weight is 186 g/mol. The molecule has 0 heterocycles. The molecule has 0 unspecified atom stereocenters. The van der Waals surface area contributed by atoms with Crippen LogP contribution in [0.2, 0.25) is 0 Å². The predicted molar refractivity (Wildman–Crippen MR) is 53.4 cm³/mol. The second-order valence-corrected chi connectivity index (χ2v) is 5.56. The van der Waals surface area contributed by atoms with Crippen LogP contribution in [0.4, 0.5) is 0 Å². The highest BCUT2D eigenvalue weighted by Gasteiger charge is 2.57. The Morgan fingerprint density at radius 1 is 0.846 bits per heavy atom. The first-order valence-corrected chi connectivity index (χ1v) is 5.05. The van der Waals surface area contributed by atoms with Gasteiger partial charge in [-0.1, -0.05) is 27.7 Å². The summed E-state index contributed by atoms with van der Waals surface area (Å²) in [4.78, 5) is 0. The second kappa shape index (κ2) is 2.96. The van der Waals surface area contributed by atoms with Crippen LogP contribution >= 0.6 is 0 Å². The van der Waals surface area contributed by atoms with Crippen LogP contribution in [0.1, 0.15) is 40.5 Å². The Bertz CT molecular complexity index is 180. The molecule has 0 aromatic carbocycles. The second-order valence-electron chi connectivity index (χ2n) is 5.56. The highest BCUT2D eigenvalue weighted by Crippen LogP contribution is 2.61. The van der Waals surface area contributed by atoms with E-state index in [1.807, 2.05) is 0 Å². The van der Waals surface area contributed by atoms with Crippen LogP contribution in [-0.2, 0) is 0 Å². The van der Waals surface area contributed by atoms with Crippen LogP contribution < -0.4 is 0 Å². The summed E-state index contributed by atoms with van der Waals surface area (Å²) in [6.45, 7) is 8.99. The van der Waals surface area contributed by atoms with Crippen molar-refractivity contribution >= 4 is 0 Å². The van der Waals surface area contributed by atoms with Crippen LogP contribution in [0, 0.1) is 16.2 Å². The third-order valence-electron chi connectivity index (χ3n) is 4.94. The summed E-state index contributed by atoms with van der Waals surface area (Å²) in [7, 11) is 0. The molecular weight excluding hydrogens is 164 g/mol. The monoisotopic (exact) mass is 186 g/mol. The number of rotatable bonds is 2. The number of hydrogen-bond acceptors (Lipinski definition) is 2. The lowest BCUT2D eigenvalue weighted by Gasteiger charge is -2.46. The highest BCUT2D eigenvalue weighted by atomic mass is 16.3. The van der Waals surface area contributed by atoms with Crippen molar-refractivity contribution in [1.82, 2.24) is 0 Å². The molecule has 2 heteroatoms. The van der Waals surface area contributed by atoms with Crippen molar-refractivity contribution in [3.8, 4) is 0 Å². The third kappa shape index (κ3) is 1.23. The zero-order valence-electron chi connectivity index (χ0n) is 9.22. The molecular formula is C11H22O2. The molecule has 1 aliphatic carbocycles. The Hall–Kier alpha value is -0.0800. The van der Waals surface area contributed by atoms with E-state index in [0.29, 0.717) is 0 Å². The summed E-state index contributed by atoms with van der Waals surface area (Å²) in [5, 5.41) is 18.8. The molecule has 2 N–H and O–H groups in total. The first-order valence-electron chi connectivity index (χ1n) is 5.05. The smallest absolute Gasteiger partial charge is 0.0490 e. The Labute approximate surface area is 81.0 Å². The number of hydrogen-bond donors (Lipinski definition) is 2. The maximum atomic E-state index is 9.41. The normalized spacial score (nSPS) is 43.8. The largest absolute Gasteiger partial charge is 0.396 e. The van der Waals surface area contributed by atoms with Crippen molar-refractivity contribution in [3.63, 3.8) is 0 Å². The summed E-state index contributed by atoms with van der Waals surface area (Å²) in [5.41, 5.74) is -0.0710. The van der Waals surface area contributed by atoms with Gasteiger partial charge in [-0.3, -0.25) is 0 Å². The minimum atomic E-state index is -0.0372. The molecule has 1 aliphatic rings. The summed E-state index contributed by atoms with van der Waals surface area (Å²) >= 11 is 0. The molecule has 1 fully saturated rings. The van der Waals surface area contributed by atoms with Crippen LogP contribution in [0.5, 0.6) is 0 Å². The molecule has 0 aromatic heterocycles. The topological polar surface area (TPSA) is 40.5 Å². The van der Waals surface area contributed by atoms with Gasteiger partial charge in [0.25, 0.3) is 0 Å². The molecule has 2 atom stereocenters. The van der Waals surface area contributed by atoms with E-state index in [1.54, 1.807) is 0 Å². The Balaban J connectivity index is 3.02. The van der Waals surface area contributed by atoms with E-state index in [-0.39, 0.29) is 29.5 Å². The first-order chi connectivity index (χ1) is 5.83. The SMILES string of the molecule is CC1(C)[C@](C)(CO)CC[C@@]1(C)CO. The molecule has 0 radical (unpaired) electrons. The Morgan fingerprint density at radius 3 is 1.31 bits per heavy atom. The predicted octanol–water partition coefficient (Wildman–Crippen LogP) is 1.80. The fourth-order valence-corrected chi connectivity index (χ4v) is 2.46. The van der Waals surface area contributed by atoms with E-state index in [2.05, 4.69) is 27.7 Å². The average Bonchev–Trinajstić information content (AvgIpc) is 2.28. The summed E-state index contributed by atoms with van der Waals surface area (Å²) in [6.07, 6.45) is 2.02. The Kier molecular flexibility index (Phi) is 2.50. The van der Waals surface area contributed by atoms with E-state index in [0.717, 1.165) is 12.8 Å². The minimum absolute atomic E-state index is 0.00347. The van der Waals surface area contributed by atoms with Gasteiger partial charge in [-0.05, 0) is 29.1 Å². The van der Waals surface area contributed by atoms with Crippen LogP contribution in [0.15, 0.2) is 0 Å². The van der Waals surface area contributed by atoms with Crippen molar-refractivity contribution in [2.45, 2.75) is 40.5 Å². The molecule has 0 saturated heterocycles. The van der Waals surface area contributed by atoms with Gasteiger partial charge in [0.1, 0.15) is 0 Å². The molecule has 13 heavy (non-hydrogen) atoms. The molecule has 78 valence electrons. The highest BCUT2D eigenvalue weighted by molar-refractivity contribution is 5.06. The van der Waals surface area contributed by atoms with Crippen molar-refractivity contribution in [1.29, 1.82) is 0 Å². The van der Waals surface area contributed by atoms with Gasteiger partial charge in [-0.15, -0.1) is 0 Å². The summed E-state index contributed by atoms with van der Waals surface area (Å²) in [5.74, 6) is 0. The lowest BCUT2D eigenvalue weighted by Crippen LogP contribution is -2.44. The van der Waals surface area contributed by atoms with E-state index in [4.69, 9.17) is 0 Å². The lowest BCUT2D eigenvalue weighted by molar-refractivity contribution is -0.0386. The van der Waals surface area contributed by atoms with Gasteiger partial charge in [0.05, 0.1) is 0 Å². The zero-order valence-corrected chi connectivity index (χ0v) is 9.22. The fourth-order valence-electron chi connectivity index (χ4n) is 2.46. The number of aliphatic hydroxyl groups is 2. The number of aliphatic hydroxyl groups excluding tert-OH is 2. The fraction of sp³-hybridized carbons (Fsp3) is 1.00. The van der Waals surface area contributed by atoms with E-state index < -0.39 is 0 Å². The molecule has 0 spiro atoms. The van der Waals surface area contributed by atoms with Gasteiger partial charge in [-0.2, -0.15) is 0 Å². The van der Waals surface area contributed by atoms with Gasteiger partial charge in [-0.25, -0.2) is 0 Å². The van der Waals surface area contributed by atoms with Crippen molar-refractivity contribution < 1.29 is 10.2 Å². The van der Waals surface area contributed by atoms with Crippen molar-refractivity contribution in [2.75, 3.05) is 13.2 Å². The minimum Gasteiger partial charge on any atom is -0.396 e. The standard InChI is InChI=1S/C11H22O2/c1-9(2)10(3,7-12)5-6-11(9,4)8-13/h12-13H,5-8H2,1-4H3/t10-,11-/m0/s1. The molecule has 2 nitrogen and oxygen atoms in total. The first kappa shape index (κ1) is 11.0. The van der Waals surface area contributed by atoms with Gasteiger partial charge in [0.15, 0.2) is 0 Å². The van der Waals surface area contributed by atoms with Gasteiger partial charge >= 0.3 is 0 Å². The maximum Gasteiger partial charge on any atom is 0.0490 e. The maximum absolute atomic E-state index is 9.41. The quantitative estimate of drug-likeness (QED) is 0.690. The lowest BCUT2D eigenvalue weighted by atomic mass is 9.60. The van der Waals surface area contributed by atoms with E-state index >= 15 is 0 Å². The van der Waals surface area contributed by atoms with Gasteiger partial charge < -0.3 is 10.2 Å². The molecule has 1 rings (SSSR count). The zero-order chi connectivity index (χ0) is 10.3. The molecule has 1 saturated carbocycles.